The fraction of sp³-hybridized carbons (Fsp3) is 0.345. The topological polar surface area (TPSA) is 131 Å². The van der Waals surface area contributed by atoms with Gasteiger partial charge in [-0.1, -0.05) is 17.7 Å². The van der Waals surface area contributed by atoms with Gasteiger partial charge in [-0.15, -0.1) is 23.2 Å². The Labute approximate surface area is 265 Å². The van der Waals surface area contributed by atoms with Crippen LogP contribution in [0.2, 0.25) is 0 Å². The molecule has 6 rings (SSSR count). The van der Waals surface area contributed by atoms with Crippen LogP contribution in [0.15, 0.2) is 29.8 Å². The van der Waals surface area contributed by atoms with Gasteiger partial charge in [0, 0.05) is 11.5 Å². The normalized spacial score (nSPS) is 30.2. The average Bonchev–Trinajstić information content (AvgIpc) is 3.37. The van der Waals surface area contributed by atoms with Crippen molar-refractivity contribution in [3.05, 3.63) is 64.5 Å². The van der Waals surface area contributed by atoms with Crippen LogP contribution in [0.1, 0.15) is 24.3 Å². The highest BCUT2D eigenvalue weighted by Crippen LogP contribution is 2.67. The number of phenolic OH excluding ortho intramolecular Hbond substituents is 1. The second-order valence-corrected chi connectivity index (χ2v) is 12.3. The van der Waals surface area contributed by atoms with Gasteiger partial charge >= 0.3 is 6.09 Å². The minimum atomic E-state index is -2.86. The summed E-state index contributed by atoms with van der Waals surface area (Å²) in [4.78, 5) is 61.7. The highest BCUT2D eigenvalue weighted by atomic mass is 35.5. The second-order valence-electron chi connectivity index (χ2n) is 11.1. The van der Waals surface area contributed by atoms with Gasteiger partial charge in [0.05, 0.1) is 26.1 Å². The minimum absolute atomic E-state index is 0.0561. The highest BCUT2D eigenvalue weighted by molar-refractivity contribution is 6.58. The largest absolute Gasteiger partial charge is 0.508 e. The van der Waals surface area contributed by atoms with Gasteiger partial charge in [0.2, 0.25) is 17.6 Å². The van der Waals surface area contributed by atoms with Crippen molar-refractivity contribution in [2.45, 2.75) is 28.5 Å². The molecule has 4 aliphatic rings. The van der Waals surface area contributed by atoms with E-state index in [1.54, 1.807) is 0 Å². The number of carbonyl (C=O) groups excluding carboxylic acids is 5. The third-order valence-electron chi connectivity index (χ3n) is 9.13. The Kier molecular flexibility index (Phi) is 7.17. The Bertz CT molecular complexity index is 1810. The van der Waals surface area contributed by atoms with Crippen molar-refractivity contribution in [2.24, 2.45) is 17.8 Å². The molecule has 2 aliphatic heterocycles. The summed E-state index contributed by atoms with van der Waals surface area (Å²) in [6, 6.07) is 3.82. The van der Waals surface area contributed by atoms with Crippen LogP contribution in [-0.4, -0.2) is 63.7 Å². The van der Waals surface area contributed by atoms with Crippen LogP contribution in [0.4, 0.5) is 32.4 Å². The molecular formula is C29H19Cl2F5N2O8. The number of halogens is 7. The Morgan fingerprint density at radius 1 is 0.913 bits per heavy atom. The Balaban J connectivity index is 1.63. The molecule has 17 heteroatoms. The number of benzene rings is 2. The lowest BCUT2D eigenvalue weighted by Gasteiger charge is -2.50. The number of methoxy groups -OCH3 is 2. The molecule has 10 nitrogen and oxygen atoms in total. The predicted octanol–water partition coefficient (Wildman–Crippen LogP) is 4.43. The average molecular weight is 689 g/mol. The van der Waals surface area contributed by atoms with E-state index < -0.39 is 110 Å². The molecule has 2 aliphatic carbocycles. The number of amides is 5. The van der Waals surface area contributed by atoms with E-state index in [4.69, 9.17) is 27.9 Å². The standard InChI is InChI=1S/C29H19Cl2F5N2O8/c1-45-13-5-3-4-12(39)15(13)16-9-6-7-10-14(24(41)38(23(10)40)27(44)46-2)11(9)8-28(30)25(42)37(26(43)29(16,28)31)22-20(35)18(33)17(32)19(34)21(22)36/h3-6,10-11,14,16,39H,7-8H2,1-2H3. The molecule has 242 valence electrons. The molecule has 0 radical (unpaired) electrons. The van der Waals surface area contributed by atoms with E-state index in [2.05, 4.69) is 4.74 Å². The van der Waals surface area contributed by atoms with Crippen LogP contribution in [0.5, 0.6) is 11.5 Å². The molecule has 1 N–H and O–H groups in total. The first kappa shape index (κ1) is 31.7. The quantitative estimate of drug-likeness (QED) is 0.125. The molecule has 1 saturated carbocycles. The van der Waals surface area contributed by atoms with Gasteiger partial charge in [0.25, 0.3) is 11.8 Å². The van der Waals surface area contributed by atoms with E-state index in [9.17, 15) is 42.3 Å². The maximum absolute atomic E-state index is 15.1. The number of aromatic hydroxyl groups is 1. The maximum Gasteiger partial charge on any atom is 0.423 e. The monoisotopic (exact) mass is 688 g/mol. The van der Waals surface area contributed by atoms with E-state index in [1.807, 2.05) is 0 Å². The summed E-state index contributed by atoms with van der Waals surface area (Å²) in [7, 11) is 2.11. The summed E-state index contributed by atoms with van der Waals surface area (Å²) in [5.41, 5.74) is -2.16. The van der Waals surface area contributed by atoms with Crippen LogP contribution in [-0.2, 0) is 23.9 Å². The van der Waals surface area contributed by atoms with E-state index in [1.165, 1.54) is 25.3 Å². The SMILES string of the molecule is COC(=O)N1C(=O)C2CC=C3C(CC4(Cl)C(=O)N(c5c(F)c(F)c(F)c(F)c5F)C(=O)C4(Cl)C3c3c(O)cccc3OC)C2C1=O. The van der Waals surface area contributed by atoms with Crippen LogP contribution in [0.3, 0.4) is 0 Å². The zero-order chi connectivity index (χ0) is 33.8. The summed E-state index contributed by atoms with van der Waals surface area (Å²) in [6.45, 7) is 0. The Morgan fingerprint density at radius 3 is 2.11 bits per heavy atom. The number of ether oxygens (including phenoxy) is 2. The summed E-state index contributed by atoms with van der Waals surface area (Å²) in [6.07, 6.45) is -0.903. The second kappa shape index (κ2) is 10.4. The number of phenols is 1. The van der Waals surface area contributed by atoms with Gasteiger partial charge < -0.3 is 14.6 Å². The summed E-state index contributed by atoms with van der Waals surface area (Å²) in [5, 5.41) is 11.1. The van der Waals surface area contributed by atoms with Gasteiger partial charge in [-0.25, -0.2) is 31.6 Å². The molecular weight excluding hydrogens is 670 g/mol. The molecule has 6 unspecified atom stereocenters. The van der Waals surface area contributed by atoms with Crippen molar-refractivity contribution in [1.29, 1.82) is 0 Å². The molecule has 0 bridgehead atoms. The zero-order valence-corrected chi connectivity index (χ0v) is 24.9. The van der Waals surface area contributed by atoms with Crippen molar-refractivity contribution in [3.8, 4) is 11.5 Å². The number of likely N-dealkylation sites (tertiary alicyclic amines) is 1. The van der Waals surface area contributed by atoms with Gasteiger partial charge in [-0.3, -0.25) is 19.2 Å². The number of nitrogens with zero attached hydrogens (tertiary/aromatic N) is 2. The van der Waals surface area contributed by atoms with E-state index >= 15 is 8.78 Å². The van der Waals surface area contributed by atoms with Gasteiger partial charge in [-0.2, -0.15) is 4.90 Å². The van der Waals surface area contributed by atoms with Gasteiger partial charge in [0.1, 0.15) is 17.2 Å². The highest BCUT2D eigenvalue weighted by Gasteiger charge is 2.77. The van der Waals surface area contributed by atoms with Crippen LogP contribution < -0.4 is 9.64 Å². The fourth-order valence-corrected chi connectivity index (χ4v) is 8.07. The van der Waals surface area contributed by atoms with Crippen molar-refractivity contribution in [1.82, 2.24) is 4.90 Å². The number of hydrogen-bond acceptors (Lipinski definition) is 8. The van der Waals surface area contributed by atoms with Crippen LogP contribution in [0.25, 0.3) is 0 Å². The first-order valence-electron chi connectivity index (χ1n) is 13.4. The van der Waals surface area contributed by atoms with Crippen molar-refractivity contribution >= 4 is 58.6 Å². The number of allylic oxidation sites excluding steroid dienone is 2. The number of alkyl halides is 2. The molecule has 46 heavy (non-hydrogen) atoms. The lowest BCUT2D eigenvalue weighted by molar-refractivity contribution is -0.138. The Morgan fingerprint density at radius 2 is 1.52 bits per heavy atom. The Hall–Kier alpha value is -4.24. The van der Waals surface area contributed by atoms with Crippen molar-refractivity contribution in [2.75, 3.05) is 19.1 Å². The molecule has 2 saturated heterocycles. The van der Waals surface area contributed by atoms with Crippen molar-refractivity contribution in [3.63, 3.8) is 0 Å². The fourth-order valence-electron chi connectivity index (χ4n) is 7.16. The molecule has 0 spiro atoms. The zero-order valence-electron chi connectivity index (χ0n) is 23.4. The molecule has 6 atom stereocenters. The third-order valence-corrected chi connectivity index (χ3v) is 10.5. The predicted molar refractivity (Wildman–Crippen MR) is 145 cm³/mol. The lowest BCUT2D eigenvalue weighted by Crippen LogP contribution is -2.60. The number of hydrogen-bond donors (Lipinski definition) is 1. The smallest absolute Gasteiger partial charge is 0.423 e. The number of anilines is 1. The third kappa shape index (κ3) is 3.72. The summed E-state index contributed by atoms with van der Waals surface area (Å²) >= 11 is 14.0. The molecule has 2 aromatic rings. The number of fused-ring (bicyclic) bond motifs is 4. The van der Waals surface area contributed by atoms with E-state index in [0.29, 0.717) is 0 Å². The van der Waals surface area contributed by atoms with Gasteiger partial charge in [-0.05, 0) is 30.9 Å². The molecule has 3 fully saturated rings. The first-order chi connectivity index (χ1) is 21.6. The molecule has 2 heterocycles. The first-order valence-corrected chi connectivity index (χ1v) is 14.1. The van der Waals surface area contributed by atoms with Gasteiger partial charge in [0.15, 0.2) is 33.0 Å². The van der Waals surface area contributed by atoms with Crippen LogP contribution in [0, 0.1) is 46.8 Å². The maximum atomic E-state index is 15.1. The summed E-state index contributed by atoms with van der Waals surface area (Å²) < 4.78 is 82.7. The number of rotatable bonds is 3. The molecule has 5 amide bonds. The van der Waals surface area contributed by atoms with E-state index in [-0.39, 0.29) is 33.1 Å². The van der Waals surface area contributed by atoms with Crippen LogP contribution >= 0.6 is 23.2 Å². The number of imide groups is 4. The lowest BCUT2D eigenvalue weighted by atomic mass is 9.56. The summed E-state index contributed by atoms with van der Waals surface area (Å²) in [5.74, 6) is -24.3. The molecule has 2 aromatic carbocycles. The minimum Gasteiger partial charge on any atom is -0.508 e. The molecule has 0 aromatic heterocycles. The number of carbonyl (C=O) groups is 5. The van der Waals surface area contributed by atoms with Crippen molar-refractivity contribution < 1.29 is 60.5 Å². The van der Waals surface area contributed by atoms with E-state index in [0.717, 1.165) is 13.2 Å².